The van der Waals surface area contributed by atoms with Crippen LogP contribution in [0.25, 0.3) is 0 Å². The molecule has 90 valence electrons. The molecule has 0 spiro atoms. The number of nitrogens with zero attached hydrogens (tertiary/aromatic N) is 1. The molecule has 0 unspecified atom stereocenters. The van der Waals surface area contributed by atoms with Crippen molar-refractivity contribution in [2.24, 2.45) is 0 Å². The molecule has 0 aliphatic rings. The molecule has 5 heteroatoms. The second-order valence-electron chi connectivity index (χ2n) is 3.71. The molecule has 0 fully saturated rings. The van der Waals surface area contributed by atoms with E-state index in [1.54, 1.807) is 19.0 Å². The van der Waals surface area contributed by atoms with Gasteiger partial charge >= 0.3 is 6.18 Å². The largest absolute Gasteiger partial charge is 0.416 e. The molecule has 1 aromatic rings. The molecule has 2 nitrogen and oxygen atoms in total. The third-order valence-corrected chi connectivity index (χ3v) is 2.27. The van der Waals surface area contributed by atoms with Gasteiger partial charge in [-0.3, -0.25) is 0 Å². The highest BCUT2D eigenvalue weighted by Gasteiger charge is 2.30. The Kier molecular flexibility index (Phi) is 3.80. The number of hydrogen-bond acceptors (Lipinski definition) is 2. The van der Waals surface area contributed by atoms with Crippen LogP contribution in [0.5, 0.6) is 0 Å². The topological polar surface area (TPSA) is 23.5 Å². The van der Waals surface area contributed by atoms with Crippen molar-refractivity contribution in [2.75, 3.05) is 25.6 Å². The Morgan fingerprint density at radius 2 is 1.88 bits per heavy atom. The molecule has 0 radical (unpaired) electrons. The van der Waals surface area contributed by atoms with E-state index >= 15 is 0 Å². The van der Waals surface area contributed by atoms with Crippen LogP contribution in [0.15, 0.2) is 18.2 Å². The molecular formula is C11H14F3NO. The van der Waals surface area contributed by atoms with Crippen molar-refractivity contribution < 1.29 is 18.3 Å². The van der Waals surface area contributed by atoms with Crippen molar-refractivity contribution in [1.29, 1.82) is 0 Å². The second kappa shape index (κ2) is 4.74. The maximum absolute atomic E-state index is 12.5. The zero-order valence-electron chi connectivity index (χ0n) is 9.17. The predicted octanol–water partition coefficient (Wildman–Crippen LogP) is 2.31. The van der Waals surface area contributed by atoms with Crippen molar-refractivity contribution in [3.05, 3.63) is 29.3 Å². The van der Waals surface area contributed by atoms with Gasteiger partial charge in [-0.1, -0.05) is 0 Å². The molecule has 0 atom stereocenters. The second-order valence-corrected chi connectivity index (χ2v) is 3.71. The average molecular weight is 233 g/mol. The van der Waals surface area contributed by atoms with Crippen molar-refractivity contribution in [2.45, 2.75) is 12.6 Å². The Hall–Kier alpha value is -1.23. The first kappa shape index (κ1) is 12.8. The van der Waals surface area contributed by atoms with Gasteiger partial charge in [0.25, 0.3) is 0 Å². The summed E-state index contributed by atoms with van der Waals surface area (Å²) in [4.78, 5) is 1.73. The first-order valence-electron chi connectivity index (χ1n) is 4.84. The Balaban J connectivity index is 3.17. The summed E-state index contributed by atoms with van der Waals surface area (Å²) < 4.78 is 37.4. The summed E-state index contributed by atoms with van der Waals surface area (Å²) in [5, 5.41) is 8.82. The minimum atomic E-state index is -4.34. The molecule has 1 aromatic carbocycles. The number of hydrogen-bond donors (Lipinski definition) is 1. The third kappa shape index (κ3) is 2.88. The minimum absolute atomic E-state index is 0.165. The van der Waals surface area contributed by atoms with Crippen LogP contribution >= 0.6 is 0 Å². The van der Waals surface area contributed by atoms with Crippen LogP contribution in [-0.2, 0) is 12.6 Å². The van der Waals surface area contributed by atoms with Gasteiger partial charge in [-0.2, -0.15) is 13.2 Å². The van der Waals surface area contributed by atoms with Gasteiger partial charge in [0, 0.05) is 26.4 Å². The number of benzene rings is 1. The lowest BCUT2D eigenvalue weighted by Crippen LogP contribution is -2.14. The van der Waals surface area contributed by atoms with Crippen LogP contribution in [-0.4, -0.2) is 25.8 Å². The predicted molar refractivity (Wildman–Crippen MR) is 56.6 cm³/mol. The molecule has 0 saturated carbocycles. The lowest BCUT2D eigenvalue weighted by molar-refractivity contribution is -0.137. The fourth-order valence-electron chi connectivity index (χ4n) is 1.52. The van der Waals surface area contributed by atoms with E-state index < -0.39 is 11.7 Å². The van der Waals surface area contributed by atoms with Crippen molar-refractivity contribution in [3.8, 4) is 0 Å². The molecule has 0 aliphatic carbocycles. The molecular weight excluding hydrogens is 219 g/mol. The SMILES string of the molecule is CN(C)c1ccc(C(F)(F)F)cc1CCO. The highest BCUT2D eigenvalue weighted by atomic mass is 19.4. The van der Waals surface area contributed by atoms with E-state index in [4.69, 9.17) is 5.11 Å². The van der Waals surface area contributed by atoms with Crippen LogP contribution in [0, 0.1) is 0 Å². The summed E-state index contributed by atoms with van der Waals surface area (Å²) in [5.74, 6) is 0. The summed E-state index contributed by atoms with van der Waals surface area (Å²) in [6.45, 7) is -0.165. The van der Waals surface area contributed by atoms with E-state index in [0.717, 1.165) is 12.1 Å². The number of rotatable bonds is 3. The first-order chi connectivity index (χ1) is 7.36. The number of aliphatic hydroxyl groups excluding tert-OH is 1. The molecule has 1 N–H and O–H groups in total. The van der Waals surface area contributed by atoms with E-state index in [-0.39, 0.29) is 13.0 Å². The molecule has 1 rings (SSSR count). The standard InChI is InChI=1S/C11H14F3NO/c1-15(2)10-4-3-9(11(12,13)14)7-8(10)5-6-16/h3-4,7,16H,5-6H2,1-2H3. The number of halogens is 3. The van der Waals surface area contributed by atoms with E-state index in [2.05, 4.69) is 0 Å². The molecule has 0 amide bonds. The number of aliphatic hydroxyl groups is 1. The van der Waals surface area contributed by atoms with Crippen LogP contribution in [0.2, 0.25) is 0 Å². The van der Waals surface area contributed by atoms with E-state index in [1.807, 2.05) is 0 Å². The summed E-state index contributed by atoms with van der Waals surface area (Å²) in [6.07, 6.45) is -4.12. The minimum Gasteiger partial charge on any atom is -0.396 e. The molecule has 0 aliphatic heterocycles. The summed E-state index contributed by atoms with van der Waals surface area (Å²) in [5.41, 5.74) is 0.519. The van der Waals surface area contributed by atoms with Gasteiger partial charge < -0.3 is 10.0 Å². The van der Waals surface area contributed by atoms with Crippen molar-refractivity contribution in [3.63, 3.8) is 0 Å². The highest BCUT2D eigenvalue weighted by Crippen LogP contribution is 2.32. The lowest BCUT2D eigenvalue weighted by Gasteiger charge is -2.19. The van der Waals surface area contributed by atoms with Gasteiger partial charge in [-0.05, 0) is 30.2 Å². The number of alkyl halides is 3. The van der Waals surface area contributed by atoms with Gasteiger partial charge in [0.1, 0.15) is 0 Å². The fourth-order valence-corrected chi connectivity index (χ4v) is 1.52. The van der Waals surface area contributed by atoms with E-state index in [1.165, 1.54) is 6.07 Å². The Bertz CT molecular complexity index is 361. The zero-order valence-corrected chi connectivity index (χ0v) is 9.17. The van der Waals surface area contributed by atoms with Gasteiger partial charge in [0.2, 0.25) is 0 Å². The smallest absolute Gasteiger partial charge is 0.396 e. The van der Waals surface area contributed by atoms with Crippen molar-refractivity contribution in [1.82, 2.24) is 0 Å². The van der Waals surface area contributed by atoms with Crippen LogP contribution in [0.4, 0.5) is 18.9 Å². The zero-order chi connectivity index (χ0) is 12.3. The van der Waals surface area contributed by atoms with Crippen LogP contribution in [0.1, 0.15) is 11.1 Å². The number of anilines is 1. The lowest BCUT2D eigenvalue weighted by atomic mass is 10.0. The summed E-state index contributed by atoms with van der Waals surface area (Å²) >= 11 is 0. The Morgan fingerprint density at radius 3 is 2.31 bits per heavy atom. The maximum Gasteiger partial charge on any atom is 0.416 e. The van der Waals surface area contributed by atoms with Crippen molar-refractivity contribution >= 4 is 5.69 Å². The molecule has 0 heterocycles. The monoisotopic (exact) mass is 233 g/mol. The van der Waals surface area contributed by atoms with Gasteiger partial charge in [-0.25, -0.2) is 0 Å². The quantitative estimate of drug-likeness (QED) is 0.866. The van der Waals surface area contributed by atoms with Crippen LogP contribution < -0.4 is 4.90 Å². The normalized spacial score (nSPS) is 11.6. The molecule has 0 bridgehead atoms. The van der Waals surface area contributed by atoms with Gasteiger partial charge in [-0.15, -0.1) is 0 Å². The molecule has 0 saturated heterocycles. The Morgan fingerprint density at radius 1 is 1.25 bits per heavy atom. The van der Waals surface area contributed by atoms with Gasteiger partial charge in [0.15, 0.2) is 0 Å². The summed E-state index contributed by atoms with van der Waals surface area (Å²) in [7, 11) is 3.51. The van der Waals surface area contributed by atoms with Crippen LogP contribution in [0.3, 0.4) is 0 Å². The maximum atomic E-state index is 12.5. The van der Waals surface area contributed by atoms with Gasteiger partial charge in [0.05, 0.1) is 5.56 Å². The van der Waals surface area contributed by atoms with E-state index in [9.17, 15) is 13.2 Å². The van der Waals surface area contributed by atoms with E-state index in [0.29, 0.717) is 11.3 Å². The third-order valence-electron chi connectivity index (χ3n) is 2.27. The molecule has 0 aromatic heterocycles. The highest BCUT2D eigenvalue weighted by molar-refractivity contribution is 5.54. The fraction of sp³-hybridized carbons (Fsp3) is 0.455. The average Bonchev–Trinajstić information content (AvgIpc) is 2.16. The Labute approximate surface area is 92.3 Å². The first-order valence-corrected chi connectivity index (χ1v) is 4.84. The molecule has 16 heavy (non-hydrogen) atoms. The summed E-state index contributed by atoms with van der Waals surface area (Å²) in [6, 6.07) is 3.57.